The highest BCUT2D eigenvalue weighted by Crippen LogP contribution is 2.27. The van der Waals surface area contributed by atoms with Crippen molar-refractivity contribution in [2.75, 3.05) is 24.2 Å². The summed E-state index contributed by atoms with van der Waals surface area (Å²) in [6.07, 6.45) is 2.21. The van der Waals surface area contributed by atoms with E-state index in [1.165, 1.54) is 40.5 Å². The predicted octanol–water partition coefficient (Wildman–Crippen LogP) is 1.59. The molecule has 132 valence electrons. The molecule has 0 radical (unpaired) electrons. The molecular weight excluding hydrogens is 349 g/mol. The largest absolute Gasteiger partial charge is 0.442 e. The molecular formula is C15H16FN5O3S. The van der Waals surface area contributed by atoms with Gasteiger partial charge in [-0.25, -0.2) is 9.18 Å². The van der Waals surface area contributed by atoms with Gasteiger partial charge in [0.25, 0.3) is 0 Å². The van der Waals surface area contributed by atoms with E-state index in [0.29, 0.717) is 16.5 Å². The molecule has 1 atom stereocenters. The summed E-state index contributed by atoms with van der Waals surface area (Å²) in [7, 11) is 0. The van der Waals surface area contributed by atoms with Crippen LogP contribution in [0.5, 0.6) is 0 Å². The third-order valence-electron chi connectivity index (χ3n) is 3.65. The van der Waals surface area contributed by atoms with Crippen LogP contribution in [0.2, 0.25) is 0 Å². The minimum atomic E-state index is -0.573. The Morgan fingerprint density at radius 2 is 2.32 bits per heavy atom. The molecule has 1 aromatic carbocycles. The number of carbonyl (C=O) groups is 2. The SMILES string of the molecule is CSc1nncn1-c1ccc(N2C[C@H](CNC(C)=O)OC2=O)cc1F. The molecule has 2 aromatic rings. The van der Waals surface area contributed by atoms with Crippen molar-refractivity contribution in [3.05, 3.63) is 30.3 Å². The molecule has 1 aromatic heterocycles. The van der Waals surface area contributed by atoms with Crippen LogP contribution in [0.3, 0.4) is 0 Å². The molecule has 0 spiro atoms. The molecule has 0 unspecified atom stereocenters. The standard InChI is InChI=1S/C15H16FN5O3S/c1-9(22)17-6-11-7-20(15(23)24-11)10-3-4-13(12(16)5-10)21-8-18-19-14(21)25-2/h3-5,8,11H,6-7H2,1-2H3,(H,17,22)/t11-/m0/s1. The molecule has 1 fully saturated rings. The van der Waals surface area contributed by atoms with E-state index in [0.717, 1.165) is 0 Å². The smallest absolute Gasteiger partial charge is 0.414 e. The van der Waals surface area contributed by atoms with E-state index in [9.17, 15) is 14.0 Å². The van der Waals surface area contributed by atoms with Crippen LogP contribution in [0.4, 0.5) is 14.9 Å². The summed E-state index contributed by atoms with van der Waals surface area (Å²) in [4.78, 5) is 24.3. The lowest BCUT2D eigenvalue weighted by molar-refractivity contribution is -0.119. The van der Waals surface area contributed by atoms with Gasteiger partial charge in [-0.1, -0.05) is 11.8 Å². The Morgan fingerprint density at radius 1 is 1.52 bits per heavy atom. The first-order valence-electron chi connectivity index (χ1n) is 7.46. The van der Waals surface area contributed by atoms with E-state index < -0.39 is 18.0 Å². The summed E-state index contributed by atoms with van der Waals surface area (Å²) in [5, 5.41) is 10.8. The Morgan fingerprint density at radius 3 is 3.00 bits per heavy atom. The predicted molar refractivity (Wildman–Crippen MR) is 89.4 cm³/mol. The quantitative estimate of drug-likeness (QED) is 0.810. The van der Waals surface area contributed by atoms with Crippen LogP contribution >= 0.6 is 11.8 Å². The van der Waals surface area contributed by atoms with Gasteiger partial charge in [-0.3, -0.25) is 14.3 Å². The number of halogens is 1. The highest BCUT2D eigenvalue weighted by Gasteiger charge is 2.32. The number of hydrogen-bond donors (Lipinski definition) is 1. The van der Waals surface area contributed by atoms with Crippen molar-refractivity contribution in [2.24, 2.45) is 0 Å². The molecule has 0 saturated carbocycles. The molecule has 10 heteroatoms. The zero-order valence-corrected chi connectivity index (χ0v) is 14.4. The number of hydrogen-bond acceptors (Lipinski definition) is 6. The van der Waals surface area contributed by atoms with Crippen LogP contribution in [0.25, 0.3) is 5.69 Å². The normalized spacial score (nSPS) is 16.8. The van der Waals surface area contributed by atoms with Crippen LogP contribution < -0.4 is 10.2 Å². The Labute approximate surface area is 147 Å². The molecule has 0 bridgehead atoms. The summed E-state index contributed by atoms with van der Waals surface area (Å²) < 4.78 is 21.3. The van der Waals surface area contributed by atoms with E-state index in [-0.39, 0.29) is 19.0 Å². The molecule has 1 N–H and O–H groups in total. The van der Waals surface area contributed by atoms with Gasteiger partial charge in [0.05, 0.1) is 24.5 Å². The number of thioether (sulfide) groups is 1. The van der Waals surface area contributed by atoms with Crippen molar-refractivity contribution in [1.29, 1.82) is 0 Å². The number of nitrogens with one attached hydrogen (secondary N) is 1. The fourth-order valence-electron chi connectivity index (χ4n) is 2.48. The molecule has 2 heterocycles. The zero-order chi connectivity index (χ0) is 18.0. The number of cyclic esters (lactones) is 1. The number of aromatic nitrogens is 3. The van der Waals surface area contributed by atoms with Gasteiger partial charge in [0, 0.05) is 6.92 Å². The van der Waals surface area contributed by atoms with Gasteiger partial charge in [-0.15, -0.1) is 10.2 Å². The number of rotatable bonds is 5. The topological polar surface area (TPSA) is 89.3 Å². The van der Waals surface area contributed by atoms with Gasteiger partial charge in [0.1, 0.15) is 18.2 Å². The van der Waals surface area contributed by atoms with Gasteiger partial charge in [0.15, 0.2) is 5.16 Å². The number of ether oxygens (including phenoxy) is 1. The van der Waals surface area contributed by atoms with Crippen molar-refractivity contribution in [2.45, 2.75) is 18.2 Å². The third kappa shape index (κ3) is 3.58. The summed E-state index contributed by atoms with van der Waals surface area (Å²) in [6.45, 7) is 1.84. The maximum atomic E-state index is 14.5. The van der Waals surface area contributed by atoms with Crippen molar-refractivity contribution in [1.82, 2.24) is 20.1 Å². The van der Waals surface area contributed by atoms with E-state index in [2.05, 4.69) is 15.5 Å². The van der Waals surface area contributed by atoms with E-state index in [4.69, 9.17) is 4.74 Å². The second-order valence-corrected chi connectivity index (χ2v) is 6.15. The Hall–Kier alpha value is -2.62. The lowest BCUT2D eigenvalue weighted by Crippen LogP contribution is -2.33. The maximum absolute atomic E-state index is 14.5. The van der Waals surface area contributed by atoms with Crippen LogP contribution in [0.15, 0.2) is 29.7 Å². The third-order valence-corrected chi connectivity index (χ3v) is 4.30. The number of anilines is 1. The Balaban J connectivity index is 1.79. The number of amides is 2. The average Bonchev–Trinajstić information content (AvgIpc) is 3.19. The summed E-state index contributed by atoms with van der Waals surface area (Å²) >= 11 is 1.35. The van der Waals surface area contributed by atoms with Crippen molar-refractivity contribution < 1.29 is 18.7 Å². The molecule has 1 saturated heterocycles. The first kappa shape index (κ1) is 17.2. The minimum absolute atomic E-state index is 0.205. The molecule has 2 amide bonds. The maximum Gasteiger partial charge on any atom is 0.414 e. The van der Waals surface area contributed by atoms with E-state index in [1.54, 1.807) is 12.1 Å². The van der Waals surface area contributed by atoms with Crippen LogP contribution in [0.1, 0.15) is 6.92 Å². The first-order chi connectivity index (χ1) is 12.0. The lowest BCUT2D eigenvalue weighted by atomic mass is 10.2. The van der Waals surface area contributed by atoms with E-state index in [1.807, 2.05) is 6.26 Å². The fourth-order valence-corrected chi connectivity index (χ4v) is 2.96. The molecule has 3 rings (SSSR count). The van der Waals surface area contributed by atoms with Gasteiger partial charge < -0.3 is 10.1 Å². The number of carbonyl (C=O) groups excluding carboxylic acids is 2. The van der Waals surface area contributed by atoms with Crippen molar-refractivity contribution in [3.8, 4) is 5.69 Å². The van der Waals surface area contributed by atoms with Gasteiger partial charge in [0.2, 0.25) is 5.91 Å². The highest BCUT2D eigenvalue weighted by molar-refractivity contribution is 7.98. The van der Waals surface area contributed by atoms with Crippen LogP contribution in [-0.2, 0) is 9.53 Å². The molecule has 8 nitrogen and oxygen atoms in total. The number of nitrogens with zero attached hydrogens (tertiary/aromatic N) is 4. The van der Waals surface area contributed by atoms with Gasteiger partial charge in [-0.2, -0.15) is 0 Å². The van der Waals surface area contributed by atoms with Gasteiger partial charge >= 0.3 is 6.09 Å². The average molecular weight is 365 g/mol. The second kappa shape index (κ2) is 7.09. The molecule has 25 heavy (non-hydrogen) atoms. The summed E-state index contributed by atoms with van der Waals surface area (Å²) in [6, 6.07) is 4.45. The second-order valence-electron chi connectivity index (χ2n) is 5.38. The highest BCUT2D eigenvalue weighted by atomic mass is 32.2. The fraction of sp³-hybridized carbons (Fsp3) is 0.333. The van der Waals surface area contributed by atoms with Crippen LogP contribution in [0, 0.1) is 5.82 Å². The minimum Gasteiger partial charge on any atom is -0.442 e. The van der Waals surface area contributed by atoms with Crippen molar-refractivity contribution in [3.63, 3.8) is 0 Å². The Bertz CT molecular complexity index is 812. The van der Waals surface area contributed by atoms with Crippen LogP contribution in [-0.4, -0.2) is 52.2 Å². The Kier molecular flexibility index (Phi) is 4.88. The monoisotopic (exact) mass is 365 g/mol. The number of benzene rings is 1. The lowest BCUT2D eigenvalue weighted by Gasteiger charge is -2.15. The summed E-state index contributed by atoms with van der Waals surface area (Å²) in [5.74, 6) is -0.714. The van der Waals surface area contributed by atoms with Crippen molar-refractivity contribution >= 4 is 29.4 Å². The molecule has 1 aliphatic rings. The van der Waals surface area contributed by atoms with E-state index >= 15 is 0 Å². The molecule has 1 aliphatic heterocycles. The zero-order valence-electron chi connectivity index (χ0n) is 13.6. The summed E-state index contributed by atoms with van der Waals surface area (Å²) in [5.41, 5.74) is 0.677. The first-order valence-corrected chi connectivity index (χ1v) is 8.68. The van der Waals surface area contributed by atoms with Gasteiger partial charge in [-0.05, 0) is 24.5 Å². The molecule has 0 aliphatic carbocycles.